The van der Waals surface area contributed by atoms with Crippen molar-refractivity contribution in [2.24, 2.45) is 0 Å². The van der Waals surface area contributed by atoms with Crippen LogP contribution in [0.15, 0.2) is 53.7 Å². The van der Waals surface area contributed by atoms with Crippen LogP contribution in [0, 0.1) is 0 Å². The van der Waals surface area contributed by atoms with Crippen molar-refractivity contribution in [3.8, 4) is 11.1 Å². The molecule has 0 radical (unpaired) electrons. The summed E-state index contributed by atoms with van der Waals surface area (Å²) in [6.45, 7) is 0. The van der Waals surface area contributed by atoms with E-state index in [1.165, 1.54) is 6.07 Å². The van der Waals surface area contributed by atoms with Crippen molar-refractivity contribution in [2.45, 2.75) is 4.90 Å². The highest BCUT2D eigenvalue weighted by Gasteiger charge is 2.15. The van der Waals surface area contributed by atoms with E-state index in [9.17, 15) is 8.42 Å². The maximum absolute atomic E-state index is 11.2. The van der Waals surface area contributed by atoms with Crippen LogP contribution in [0.4, 0.5) is 0 Å². The van der Waals surface area contributed by atoms with E-state index in [2.05, 4.69) is 4.98 Å². The zero-order chi connectivity index (χ0) is 11.6. The quantitative estimate of drug-likeness (QED) is 0.808. The average molecular weight is 235 g/mol. The van der Waals surface area contributed by atoms with E-state index in [1.54, 1.807) is 42.7 Å². The van der Waals surface area contributed by atoms with Gasteiger partial charge in [-0.2, -0.15) is 8.42 Å². The largest absolute Gasteiger partial charge is 0.295 e. The molecular weight excluding hydrogens is 226 g/mol. The molecule has 0 aliphatic rings. The average Bonchev–Trinajstić information content (AvgIpc) is 2.29. The molecule has 1 N–H and O–H groups in total. The zero-order valence-electron chi connectivity index (χ0n) is 8.24. The predicted molar refractivity (Wildman–Crippen MR) is 59.5 cm³/mol. The lowest BCUT2D eigenvalue weighted by Gasteiger charge is -2.05. The summed E-state index contributed by atoms with van der Waals surface area (Å²) in [7, 11) is -4.21. The molecule has 0 aliphatic heterocycles. The molecule has 2 aromatic rings. The van der Waals surface area contributed by atoms with E-state index in [4.69, 9.17) is 4.55 Å². The number of hydrogen-bond donors (Lipinski definition) is 1. The summed E-state index contributed by atoms with van der Waals surface area (Å²) in [5, 5.41) is 0. The Morgan fingerprint density at radius 2 is 1.81 bits per heavy atom. The summed E-state index contributed by atoms with van der Waals surface area (Å²) >= 11 is 0. The predicted octanol–water partition coefficient (Wildman–Crippen LogP) is 2.00. The highest BCUT2D eigenvalue weighted by molar-refractivity contribution is 7.86. The van der Waals surface area contributed by atoms with Crippen molar-refractivity contribution >= 4 is 10.1 Å². The standard InChI is InChI=1S/C11H9NO3S/c13-16(14,15)11-6-2-1-5-10(11)9-4-3-7-12-8-9/h1-8H,(H,13,14,15). The Kier molecular flexibility index (Phi) is 2.72. The van der Waals surface area contributed by atoms with Gasteiger partial charge in [0.25, 0.3) is 10.1 Å². The number of aromatic nitrogens is 1. The number of pyridine rings is 1. The molecule has 0 unspecified atom stereocenters. The minimum absolute atomic E-state index is 0.108. The van der Waals surface area contributed by atoms with Crippen LogP contribution in [0.25, 0.3) is 11.1 Å². The van der Waals surface area contributed by atoms with Crippen molar-refractivity contribution in [1.29, 1.82) is 0 Å². The highest BCUT2D eigenvalue weighted by Crippen LogP contribution is 2.25. The molecule has 4 nitrogen and oxygen atoms in total. The molecule has 0 saturated carbocycles. The maximum Gasteiger partial charge on any atom is 0.295 e. The van der Waals surface area contributed by atoms with E-state index in [0.29, 0.717) is 11.1 Å². The van der Waals surface area contributed by atoms with Crippen LogP contribution in [0.3, 0.4) is 0 Å². The SMILES string of the molecule is O=S(=O)(O)c1ccccc1-c1cccnc1. The van der Waals surface area contributed by atoms with Gasteiger partial charge in [0.15, 0.2) is 0 Å². The van der Waals surface area contributed by atoms with Gasteiger partial charge >= 0.3 is 0 Å². The summed E-state index contributed by atoms with van der Waals surface area (Å²) in [4.78, 5) is 3.80. The van der Waals surface area contributed by atoms with Crippen LogP contribution in [-0.4, -0.2) is 18.0 Å². The lowest BCUT2D eigenvalue weighted by molar-refractivity contribution is 0.483. The summed E-state index contributed by atoms with van der Waals surface area (Å²) in [5.41, 5.74) is 1.09. The van der Waals surface area contributed by atoms with Crippen LogP contribution in [0.2, 0.25) is 0 Å². The normalized spacial score (nSPS) is 11.3. The fourth-order valence-electron chi connectivity index (χ4n) is 1.45. The molecule has 0 saturated heterocycles. The van der Waals surface area contributed by atoms with Gasteiger partial charge in [-0.25, -0.2) is 0 Å². The Labute approximate surface area is 93.3 Å². The van der Waals surface area contributed by atoms with Crippen molar-refractivity contribution in [2.75, 3.05) is 0 Å². The second kappa shape index (κ2) is 4.03. The van der Waals surface area contributed by atoms with Gasteiger partial charge < -0.3 is 0 Å². The summed E-state index contributed by atoms with van der Waals surface area (Å²) < 4.78 is 31.4. The topological polar surface area (TPSA) is 67.3 Å². The van der Waals surface area contributed by atoms with Crippen molar-refractivity contribution in [3.63, 3.8) is 0 Å². The Balaban J connectivity index is 2.68. The molecule has 0 atom stereocenters. The van der Waals surface area contributed by atoms with Gasteiger partial charge in [0.2, 0.25) is 0 Å². The van der Waals surface area contributed by atoms with Gasteiger partial charge in [0.05, 0.1) is 0 Å². The number of nitrogens with zero attached hydrogens (tertiary/aromatic N) is 1. The van der Waals surface area contributed by atoms with E-state index in [0.717, 1.165) is 0 Å². The molecule has 82 valence electrons. The van der Waals surface area contributed by atoms with Crippen molar-refractivity contribution < 1.29 is 13.0 Å². The van der Waals surface area contributed by atoms with Crippen LogP contribution in [0.1, 0.15) is 0 Å². The third-order valence-corrected chi connectivity index (χ3v) is 3.05. The number of benzene rings is 1. The number of hydrogen-bond acceptors (Lipinski definition) is 3. The second-order valence-electron chi connectivity index (χ2n) is 3.21. The first kappa shape index (κ1) is 10.8. The first-order chi connectivity index (χ1) is 7.59. The Morgan fingerprint density at radius 1 is 1.06 bits per heavy atom. The zero-order valence-corrected chi connectivity index (χ0v) is 9.05. The molecule has 5 heteroatoms. The summed E-state index contributed by atoms with van der Waals surface area (Å²) in [6, 6.07) is 9.69. The van der Waals surface area contributed by atoms with Gasteiger partial charge in [0.1, 0.15) is 4.90 Å². The molecule has 1 heterocycles. The smallest absolute Gasteiger partial charge is 0.282 e. The molecule has 16 heavy (non-hydrogen) atoms. The molecule has 2 rings (SSSR count). The first-order valence-electron chi connectivity index (χ1n) is 4.56. The van der Waals surface area contributed by atoms with Gasteiger partial charge in [-0.3, -0.25) is 9.54 Å². The third-order valence-electron chi connectivity index (χ3n) is 2.14. The summed E-state index contributed by atoms with van der Waals surface area (Å²) in [5.74, 6) is 0. The van der Waals surface area contributed by atoms with Gasteiger partial charge in [-0.15, -0.1) is 0 Å². The summed E-state index contributed by atoms with van der Waals surface area (Å²) in [6.07, 6.45) is 3.14. The highest BCUT2D eigenvalue weighted by atomic mass is 32.2. The molecular formula is C11H9NO3S. The minimum Gasteiger partial charge on any atom is -0.282 e. The van der Waals surface area contributed by atoms with Crippen LogP contribution >= 0.6 is 0 Å². The van der Waals surface area contributed by atoms with Gasteiger partial charge in [-0.1, -0.05) is 24.3 Å². The molecule has 0 spiro atoms. The molecule has 0 bridgehead atoms. The molecule has 1 aromatic heterocycles. The molecule has 1 aromatic carbocycles. The lowest BCUT2D eigenvalue weighted by atomic mass is 10.1. The van der Waals surface area contributed by atoms with E-state index >= 15 is 0 Å². The van der Waals surface area contributed by atoms with E-state index < -0.39 is 10.1 Å². The minimum atomic E-state index is -4.21. The first-order valence-corrected chi connectivity index (χ1v) is 6.00. The van der Waals surface area contributed by atoms with E-state index in [1.807, 2.05) is 0 Å². The Hall–Kier alpha value is -1.72. The van der Waals surface area contributed by atoms with Gasteiger partial charge in [-0.05, 0) is 12.1 Å². The fraction of sp³-hybridized carbons (Fsp3) is 0. The van der Waals surface area contributed by atoms with Crippen LogP contribution < -0.4 is 0 Å². The Bertz CT molecular complexity index is 594. The Morgan fingerprint density at radius 3 is 2.44 bits per heavy atom. The molecule has 0 aliphatic carbocycles. The van der Waals surface area contributed by atoms with Gasteiger partial charge in [0, 0.05) is 23.5 Å². The molecule has 0 fully saturated rings. The second-order valence-corrected chi connectivity index (χ2v) is 4.60. The number of rotatable bonds is 2. The van der Waals surface area contributed by atoms with Crippen LogP contribution in [0.5, 0.6) is 0 Å². The lowest BCUT2D eigenvalue weighted by Crippen LogP contribution is -2.00. The van der Waals surface area contributed by atoms with Crippen molar-refractivity contribution in [1.82, 2.24) is 4.98 Å². The van der Waals surface area contributed by atoms with Crippen molar-refractivity contribution in [3.05, 3.63) is 48.8 Å². The third kappa shape index (κ3) is 2.10. The van der Waals surface area contributed by atoms with Crippen LogP contribution in [-0.2, 0) is 10.1 Å². The fourth-order valence-corrected chi connectivity index (χ4v) is 2.17. The maximum atomic E-state index is 11.2. The van der Waals surface area contributed by atoms with E-state index in [-0.39, 0.29) is 4.90 Å². The molecule has 0 amide bonds. The monoisotopic (exact) mass is 235 g/mol.